The van der Waals surface area contributed by atoms with Crippen LogP contribution in [-0.2, 0) is 12.5 Å². The molecule has 3 aromatic rings. The predicted octanol–water partition coefficient (Wildman–Crippen LogP) is 1.65. The minimum Gasteiger partial charge on any atom is -0.338 e. The van der Waals surface area contributed by atoms with Gasteiger partial charge in [0.2, 0.25) is 0 Å². The molecule has 4 rings (SSSR count). The highest BCUT2D eigenvalue weighted by atomic mass is 16.2. The Kier molecular flexibility index (Phi) is 4.44. The maximum absolute atomic E-state index is 12.8. The fourth-order valence-electron chi connectivity index (χ4n) is 3.65. The number of carbonyl (C=O) groups is 1. The van der Waals surface area contributed by atoms with Crippen molar-refractivity contribution in [1.29, 1.82) is 0 Å². The van der Waals surface area contributed by atoms with Gasteiger partial charge in [-0.1, -0.05) is 20.8 Å². The van der Waals surface area contributed by atoms with E-state index in [1.54, 1.807) is 30.3 Å². The first-order valence-electron chi connectivity index (χ1n) is 9.72. The topological polar surface area (TPSA) is 92.5 Å². The Bertz CT molecular complexity index is 1210. The van der Waals surface area contributed by atoms with E-state index in [1.807, 2.05) is 6.07 Å². The zero-order chi connectivity index (χ0) is 20.9. The number of aryl methyl sites for hydroxylation is 1. The van der Waals surface area contributed by atoms with Crippen LogP contribution in [0.2, 0.25) is 0 Å². The molecule has 0 unspecified atom stereocenters. The Morgan fingerprint density at radius 3 is 2.62 bits per heavy atom. The molecule has 0 spiro atoms. The Balaban J connectivity index is 1.59. The van der Waals surface area contributed by atoms with Crippen LogP contribution in [0.15, 0.2) is 40.1 Å². The average Bonchev–Trinajstić information content (AvgIpc) is 3.30. The van der Waals surface area contributed by atoms with Crippen LogP contribution in [0.3, 0.4) is 0 Å². The summed E-state index contributed by atoms with van der Waals surface area (Å²) < 4.78 is 2.89. The number of nitrogens with one attached hydrogen (secondary N) is 1. The van der Waals surface area contributed by atoms with Gasteiger partial charge in [-0.05, 0) is 12.5 Å². The third kappa shape index (κ3) is 3.50. The van der Waals surface area contributed by atoms with Gasteiger partial charge in [0.05, 0.1) is 5.69 Å². The number of nitrogens with zero attached hydrogens (tertiary/aromatic N) is 4. The fourth-order valence-corrected chi connectivity index (χ4v) is 3.65. The number of fused-ring (bicyclic) bond motifs is 1. The van der Waals surface area contributed by atoms with Crippen molar-refractivity contribution in [2.24, 2.45) is 7.05 Å². The van der Waals surface area contributed by atoms with Crippen molar-refractivity contribution in [2.45, 2.75) is 38.5 Å². The zero-order valence-electron chi connectivity index (χ0n) is 17.1. The number of likely N-dealkylation sites (tertiary alicyclic amines) is 1. The molecule has 1 aliphatic rings. The normalized spacial score (nSPS) is 17.2. The van der Waals surface area contributed by atoms with Crippen molar-refractivity contribution in [3.8, 4) is 0 Å². The Hall–Kier alpha value is -3.16. The fraction of sp³-hybridized carbons (Fsp3) is 0.429. The molecule has 1 N–H and O–H groups in total. The molecule has 1 atom stereocenters. The van der Waals surface area contributed by atoms with Crippen molar-refractivity contribution in [1.82, 2.24) is 24.1 Å². The summed E-state index contributed by atoms with van der Waals surface area (Å²) in [4.78, 5) is 43.6. The van der Waals surface area contributed by atoms with Crippen LogP contribution >= 0.6 is 0 Å². The lowest BCUT2D eigenvalue weighted by Crippen LogP contribution is -2.30. The van der Waals surface area contributed by atoms with Gasteiger partial charge in [-0.2, -0.15) is 0 Å². The number of amides is 1. The molecule has 8 heteroatoms. The zero-order valence-corrected chi connectivity index (χ0v) is 17.1. The molecular weight excluding hydrogens is 370 g/mol. The number of pyridine rings is 1. The number of aromatic amines is 1. The van der Waals surface area contributed by atoms with E-state index in [1.165, 1.54) is 15.1 Å². The first-order chi connectivity index (χ1) is 13.6. The molecule has 4 heterocycles. The lowest BCUT2D eigenvalue weighted by atomic mass is 9.93. The predicted molar refractivity (Wildman–Crippen MR) is 109 cm³/mol. The number of hydrogen-bond acceptors (Lipinski definition) is 4. The van der Waals surface area contributed by atoms with Gasteiger partial charge in [-0.3, -0.25) is 19.5 Å². The van der Waals surface area contributed by atoms with Crippen LogP contribution in [-0.4, -0.2) is 43.1 Å². The quantitative estimate of drug-likeness (QED) is 0.714. The molecule has 0 aliphatic carbocycles. The Morgan fingerprint density at radius 1 is 1.17 bits per heavy atom. The summed E-state index contributed by atoms with van der Waals surface area (Å²) in [6.45, 7) is 7.26. The van der Waals surface area contributed by atoms with Crippen molar-refractivity contribution < 1.29 is 4.79 Å². The van der Waals surface area contributed by atoms with Crippen molar-refractivity contribution in [2.75, 3.05) is 13.1 Å². The molecule has 1 saturated heterocycles. The van der Waals surface area contributed by atoms with Crippen molar-refractivity contribution >= 4 is 11.6 Å². The second-order valence-corrected chi connectivity index (χ2v) is 8.73. The van der Waals surface area contributed by atoms with Gasteiger partial charge in [0.25, 0.3) is 17.0 Å². The maximum Gasteiger partial charge on any atom is 0.272 e. The summed E-state index contributed by atoms with van der Waals surface area (Å²) in [5.74, 6) is -0.171. The van der Waals surface area contributed by atoms with Gasteiger partial charge in [0, 0.05) is 67.1 Å². The monoisotopic (exact) mass is 395 g/mol. The lowest BCUT2D eigenvalue weighted by molar-refractivity contribution is 0.0790. The molecule has 8 nitrogen and oxygen atoms in total. The van der Waals surface area contributed by atoms with Gasteiger partial charge in [0.15, 0.2) is 5.65 Å². The van der Waals surface area contributed by atoms with E-state index in [2.05, 4.69) is 30.9 Å². The minimum absolute atomic E-state index is 0.00354. The van der Waals surface area contributed by atoms with Gasteiger partial charge in [-0.15, -0.1) is 0 Å². The summed E-state index contributed by atoms with van der Waals surface area (Å²) in [5.41, 5.74) is 2.13. The first kappa shape index (κ1) is 19.2. The van der Waals surface area contributed by atoms with E-state index in [0.29, 0.717) is 30.0 Å². The SMILES string of the molecule is Cn1ccc(C(=O)N2CC[C@@H](c3cc(=O)n4[nH]c(C(C)(C)C)cc4n3)C2)cc1=O. The van der Waals surface area contributed by atoms with E-state index in [-0.39, 0.29) is 28.4 Å². The number of rotatable bonds is 2. The summed E-state index contributed by atoms with van der Waals surface area (Å²) in [7, 11) is 1.65. The largest absolute Gasteiger partial charge is 0.338 e. The molecular formula is C21H25N5O3. The standard InChI is InChI=1S/C21H25N5O3/c1-21(2,3)16-11-17-22-15(10-19(28)26(17)23-16)14-6-8-25(12-14)20(29)13-5-7-24(4)18(27)9-13/h5,7,9-11,14,23H,6,8,12H2,1-4H3/t14-/m1/s1. The van der Waals surface area contributed by atoms with Crippen LogP contribution in [0.5, 0.6) is 0 Å². The first-order valence-corrected chi connectivity index (χ1v) is 9.72. The summed E-state index contributed by atoms with van der Waals surface area (Å²) in [5, 5.41) is 3.13. The van der Waals surface area contributed by atoms with Gasteiger partial charge in [-0.25, -0.2) is 9.50 Å². The number of hydrogen-bond donors (Lipinski definition) is 1. The molecule has 1 amide bonds. The second kappa shape index (κ2) is 6.72. The van der Waals surface area contributed by atoms with E-state index < -0.39 is 0 Å². The van der Waals surface area contributed by atoms with Gasteiger partial charge in [0.1, 0.15) is 0 Å². The van der Waals surface area contributed by atoms with Crippen molar-refractivity contribution in [3.63, 3.8) is 0 Å². The highest BCUT2D eigenvalue weighted by Gasteiger charge is 2.30. The lowest BCUT2D eigenvalue weighted by Gasteiger charge is -2.16. The number of carbonyl (C=O) groups excluding carboxylic acids is 1. The molecule has 0 saturated carbocycles. The average molecular weight is 395 g/mol. The number of aromatic nitrogens is 4. The molecule has 29 heavy (non-hydrogen) atoms. The molecule has 0 aromatic carbocycles. The molecule has 1 fully saturated rings. The number of H-pyrrole nitrogens is 1. The summed E-state index contributed by atoms with van der Waals surface area (Å²) in [6.07, 6.45) is 2.33. The summed E-state index contributed by atoms with van der Waals surface area (Å²) in [6, 6.07) is 6.47. The van der Waals surface area contributed by atoms with Crippen LogP contribution in [0, 0.1) is 0 Å². The highest BCUT2D eigenvalue weighted by Crippen LogP contribution is 2.27. The Labute approximate surface area is 167 Å². The van der Waals surface area contributed by atoms with Crippen LogP contribution < -0.4 is 11.1 Å². The molecule has 0 bridgehead atoms. The second-order valence-electron chi connectivity index (χ2n) is 8.73. The van der Waals surface area contributed by atoms with E-state index >= 15 is 0 Å². The Morgan fingerprint density at radius 2 is 1.93 bits per heavy atom. The minimum atomic E-state index is -0.214. The molecule has 1 aliphatic heterocycles. The van der Waals surface area contributed by atoms with Gasteiger partial charge < -0.3 is 9.47 Å². The molecule has 3 aromatic heterocycles. The smallest absolute Gasteiger partial charge is 0.272 e. The van der Waals surface area contributed by atoms with Gasteiger partial charge >= 0.3 is 0 Å². The third-order valence-corrected chi connectivity index (χ3v) is 5.52. The van der Waals surface area contributed by atoms with E-state index in [4.69, 9.17) is 0 Å². The molecule has 152 valence electrons. The van der Waals surface area contributed by atoms with Crippen molar-refractivity contribution in [3.05, 3.63) is 68.1 Å². The van der Waals surface area contributed by atoms with Crippen LogP contribution in [0.4, 0.5) is 0 Å². The van der Waals surface area contributed by atoms with Crippen LogP contribution in [0.25, 0.3) is 5.65 Å². The van der Waals surface area contributed by atoms with E-state index in [9.17, 15) is 14.4 Å². The highest BCUT2D eigenvalue weighted by molar-refractivity contribution is 5.94. The third-order valence-electron chi connectivity index (χ3n) is 5.52. The molecule has 0 radical (unpaired) electrons. The summed E-state index contributed by atoms with van der Waals surface area (Å²) >= 11 is 0. The maximum atomic E-state index is 12.8. The van der Waals surface area contributed by atoms with E-state index in [0.717, 1.165) is 12.1 Å². The van der Waals surface area contributed by atoms with Crippen LogP contribution in [0.1, 0.15) is 54.9 Å².